The van der Waals surface area contributed by atoms with Gasteiger partial charge >= 0.3 is 0 Å². The van der Waals surface area contributed by atoms with E-state index < -0.39 is 0 Å². The molecule has 126 valence electrons. The van der Waals surface area contributed by atoms with Crippen LogP contribution in [0.15, 0.2) is 0 Å². The lowest BCUT2D eigenvalue weighted by molar-refractivity contribution is 0.194. The van der Waals surface area contributed by atoms with Crippen molar-refractivity contribution in [1.29, 1.82) is 0 Å². The Hall–Kier alpha value is -0.0800. The fraction of sp³-hybridized carbons (Fsp3) is 1.00. The van der Waals surface area contributed by atoms with E-state index in [9.17, 15) is 0 Å². The standard InChI is InChI=1S/C19H40N2/c1-6-7-8-9-10-11-12-13-14-15-19(17(2)3)20-16-18(4,5)21-19/h17,20-21H,6-16H2,1-5H3. The molecule has 0 saturated carbocycles. The maximum Gasteiger partial charge on any atom is 0.0715 e. The van der Waals surface area contributed by atoms with Gasteiger partial charge in [0.15, 0.2) is 0 Å². The third-order valence-electron chi connectivity index (χ3n) is 5.07. The summed E-state index contributed by atoms with van der Waals surface area (Å²) in [5.41, 5.74) is 0.411. The van der Waals surface area contributed by atoms with E-state index in [4.69, 9.17) is 0 Å². The molecule has 1 unspecified atom stereocenters. The van der Waals surface area contributed by atoms with Gasteiger partial charge in [0.25, 0.3) is 0 Å². The first-order chi connectivity index (χ1) is 9.92. The molecule has 1 rings (SSSR count). The van der Waals surface area contributed by atoms with Gasteiger partial charge in [0.2, 0.25) is 0 Å². The number of hydrogen-bond acceptors (Lipinski definition) is 2. The molecule has 0 aromatic heterocycles. The normalized spacial score (nSPS) is 24.9. The van der Waals surface area contributed by atoms with Crippen molar-refractivity contribution < 1.29 is 0 Å². The summed E-state index contributed by atoms with van der Waals surface area (Å²) in [6.45, 7) is 12.7. The first-order valence-electron chi connectivity index (χ1n) is 9.46. The highest BCUT2D eigenvalue weighted by Crippen LogP contribution is 2.29. The fourth-order valence-corrected chi connectivity index (χ4v) is 3.57. The number of rotatable bonds is 11. The zero-order valence-corrected chi connectivity index (χ0v) is 15.4. The fourth-order valence-electron chi connectivity index (χ4n) is 3.57. The summed E-state index contributed by atoms with van der Waals surface area (Å²) in [5.74, 6) is 0.647. The molecule has 2 nitrogen and oxygen atoms in total. The third-order valence-corrected chi connectivity index (χ3v) is 5.07. The Balaban J connectivity index is 2.13. The van der Waals surface area contributed by atoms with Crippen LogP contribution in [0.5, 0.6) is 0 Å². The lowest BCUT2D eigenvalue weighted by Crippen LogP contribution is -2.56. The van der Waals surface area contributed by atoms with Crippen molar-refractivity contribution in [3.8, 4) is 0 Å². The van der Waals surface area contributed by atoms with E-state index in [0.29, 0.717) is 5.92 Å². The van der Waals surface area contributed by atoms with E-state index in [-0.39, 0.29) is 11.2 Å². The zero-order chi connectivity index (χ0) is 15.8. The van der Waals surface area contributed by atoms with E-state index in [0.717, 1.165) is 6.54 Å². The van der Waals surface area contributed by atoms with Crippen molar-refractivity contribution >= 4 is 0 Å². The molecule has 2 N–H and O–H groups in total. The van der Waals surface area contributed by atoms with Gasteiger partial charge < -0.3 is 0 Å². The Morgan fingerprint density at radius 1 is 0.857 bits per heavy atom. The second-order valence-corrected chi connectivity index (χ2v) is 8.07. The first kappa shape index (κ1) is 19.0. The van der Waals surface area contributed by atoms with E-state index in [1.54, 1.807) is 0 Å². The predicted octanol–water partition coefficient (Wildman–Crippen LogP) is 5.23. The molecule has 0 radical (unpaired) electrons. The molecule has 0 amide bonds. The molecule has 1 saturated heterocycles. The third kappa shape index (κ3) is 6.69. The average Bonchev–Trinajstić information content (AvgIpc) is 2.74. The molecule has 1 heterocycles. The van der Waals surface area contributed by atoms with E-state index in [1.807, 2.05) is 0 Å². The van der Waals surface area contributed by atoms with Gasteiger partial charge in [-0.3, -0.25) is 10.6 Å². The maximum atomic E-state index is 3.86. The van der Waals surface area contributed by atoms with E-state index in [1.165, 1.54) is 64.2 Å². The number of unbranched alkanes of at least 4 members (excludes halogenated alkanes) is 8. The molecular formula is C19H40N2. The van der Waals surface area contributed by atoms with Crippen LogP contribution in [0.3, 0.4) is 0 Å². The molecule has 0 aromatic carbocycles. The monoisotopic (exact) mass is 296 g/mol. The summed E-state index contributed by atoms with van der Waals surface area (Å²) < 4.78 is 0. The highest BCUT2D eigenvalue weighted by molar-refractivity contribution is 5.02. The summed E-state index contributed by atoms with van der Waals surface area (Å²) in [6.07, 6.45) is 14.0. The first-order valence-corrected chi connectivity index (χ1v) is 9.46. The van der Waals surface area contributed by atoms with Crippen LogP contribution in [0.2, 0.25) is 0 Å². The average molecular weight is 297 g/mol. The van der Waals surface area contributed by atoms with Crippen LogP contribution in [0, 0.1) is 5.92 Å². The van der Waals surface area contributed by atoms with Crippen LogP contribution < -0.4 is 10.6 Å². The van der Waals surface area contributed by atoms with Gasteiger partial charge in [0.1, 0.15) is 0 Å². The quantitative estimate of drug-likeness (QED) is 0.510. The Bertz CT molecular complexity index is 273. The molecule has 0 aromatic rings. The van der Waals surface area contributed by atoms with Crippen molar-refractivity contribution in [1.82, 2.24) is 10.6 Å². The van der Waals surface area contributed by atoms with Gasteiger partial charge in [-0.05, 0) is 26.2 Å². The van der Waals surface area contributed by atoms with Crippen molar-refractivity contribution in [3.05, 3.63) is 0 Å². The molecule has 0 bridgehead atoms. The minimum atomic E-state index is 0.171. The van der Waals surface area contributed by atoms with E-state index in [2.05, 4.69) is 45.3 Å². The van der Waals surface area contributed by atoms with E-state index >= 15 is 0 Å². The minimum Gasteiger partial charge on any atom is -0.297 e. The molecule has 1 aliphatic heterocycles. The van der Waals surface area contributed by atoms with Crippen molar-refractivity contribution in [2.24, 2.45) is 5.92 Å². The molecule has 1 fully saturated rings. The van der Waals surface area contributed by atoms with Crippen LogP contribution in [0.4, 0.5) is 0 Å². The minimum absolute atomic E-state index is 0.171. The zero-order valence-electron chi connectivity index (χ0n) is 15.4. The molecule has 0 spiro atoms. The van der Waals surface area contributed by atoms with Gasteiger partial charge in [0, 0.05) is 12.1 Å². The molecule has 0 aliphatic carbocycles. The molecular weight excluding hydrogens is 256 g/mol. The summed E-state index contributed by atoms with van der Waals surface area (Å²) >= 11 is 0. The van der Waals surface area contributed by atoms with Crippen LogP contribution >= 0.6 is 0 Å². The second kappa shape index (κ2) is 9.15. The highest BCUT2D eigenvalue weighted by atomic mass is 15.3. The predicted molar refractivity (Wildman–Crippen MR) is 94.6 cm³/mol. The van der Waals surface area contributed by atoms with Crippen LogP contribution in [-0.2, 0) is 0 Å². The molecule has 1 atom stereocenters. The topological polar surface area (TPSA) is 24.1 Å². The lowest BCUT2D eigenvalue weighted by atomic mass is 9.90. The van der Waals surface area contributed by atoms with Crippen LogP contribution in [0.25, 0.3) is 0 Å². The highest BCUT2D eigenvalue weighted by Gasteiger charge is 2.43. The Kier molecular flexibility index (Phi) is 8.26. The largest absolute Gasteiger partial charge is 0.297 e. The van der Waals surface area contributed by atoms with Gasteiger partial charge in [-0.15, -0.1) is 0 Å². The Morgan fingerprint density at radius 2 is 1.38 bits per heavy atom. The van der Waals surface area contributed by atoms with Gasteiger partial charge in [-0.25, -0.2) is 0 Å². The second-order valence-electron chi connectivity index (χ2n) is 8.07. The summed E-state index contributed by atoms with van der Waals surface area (Å²) in [5, 5.41) is 7.63. The van der Waals surface area contributed by atoms with Crippen molar-refractivity contribution in [2.45, 2.75) is 110 Å². The molecule has 2 heteroatoms. The molecule has 1 aliphatic rings. The van der Waals surface area contributed by atoms with Gasteiger partial charge in [0.05, 0.1) is 5.66 Å². The SMILES string of the molecule is CCCCCCCCCCCC1(C(C)C)NCC(C)(C)N1. The lowest BCUT2D eigenvalue weighted by Gasteiger charge is -2.36. The van der Waals surface area contributed by atoms with Crippen molar-refractivity contribution in [3.63, 3.8) is 0 Å². The smallest absolute Gasteiger partial charge is 0.0715 e. The molecule has 21 heavy (non-hydrogen) atoms. The van der Waals surface area contributed by atoms with Crippen LogP contribution in [0.1, 0.15) is 98.8 Å². The maximum absolute atomic E-state index is 3.86. The summed E-state index contributed by atoms with van der Waals surface area (Å²) in [4.78, 5) is 0. The van der Waals surface area contributed by atoms with Gasteiger partial charge in [-0.1, -0.05) is 78.6 Å². The Labute approximate surface area is 133 Å². The summed E-state index contributed by atoms with van der Waals surface area (Å²) in [7, 11) is 0. The summed E-state index contributed by atoms with van der Waals surface area (Å²) in [6, 6.07) is 0. The Morgan fingerprint density at radius 3 is 1.81 bits per heavy atom. The van der Waals surface area contributed by atoms with Gasteiger partial charge in [-0.2, -0.15) is 0 Å². The number of nitrogens with one attached hydrogen (secondary N) is 2. The van der Waals surface area contributed by atoms with Crippen LogP contribution in [-0.4, -0.2) is 17.7 Å². The van der Waals surface area contributed by atoms with Crippen molar-refractivity contribution in [2.75, 3.05) is 6.54 Å². The number of hydrogen-bond donors (Lipinski definition) is 2.